The molecule has 0 aliphatic carbocycles. The fourth-order valence-electron chi connectivity index (χ4n) is 2.82. The Labute approximate surface area is 163 Å². The molecule has 7 heteroatoms. The number of anilines is 1. The van der Waals surface area contributed by atoms with E-state index in [2.05, 4.69) is 5.32 Å². The quantitative estimate of drug-likeness (QED) is 0.708. The summed E-state index contributed by atoms with van der Waals surface area (Å²) < 4.78 is 11.2. The summed E-state index contributed by atoms with van der Waals surface area (Å²) in [6.45, 7) is 2.65. The van der Waals surface area contributed by atoms with Crippen molar-refractivity contribution in [2.24, 2.45) is 0 Å². The molecule has 0 bridgehead atoms. The van der Waals surface area contributed by atoms with Crippen LogP contribution in [-0.4, -0.2) is 35.8 Å². The first-order valence-corrected chi connectivity index (χ1v) is 9.19. The van der Waals surface area contributed by atoms with Gasteiger partial charge in [-0.2, -0.15) is 0 Å². The normalized spacial score (nSPS) is 13.5. The molecule has 2 aromatic carbocycles. The molecule has 7 nitrogen and oxygen atoms in total. The molecule has 2 aromatic rings. The fraction of sp³-hybridized carbons (Fsp3) is 0.286. The van der Waals surface area contributed by atoms with Gasteiger partial charge in [0.15, 0.2) is 0 Å². The zero-order chi connectivity index (χ0) is 19.9. The molecule has 0 radical (unpaired) electrons. The molecule has 0 unspecified atom stereocenters. The van der Waals surface area contributed by atoms with Gasteiger partial charge in [-0.25, -0.2) is 0 Å². The average molecular weight is 382 g/mol. The number of carbonyl (C=O) groups is 3. The molecule has 0 saturated carbocycles. The van der Waals surface area contributed by atoms with E-state index in [4.69, 9.17) is 9.47 Å². The maximum atomic E-state index is 12.0. The van der Waals surface area contributed by atoms with Gasteiger partial charge in [-0.05, 0) is 55.5 Å². The van der Waals surface area contributed by atoms with Crippen molar-refractivity contribution < 1.29 is 23.9 Å². The molecular weight excluding hydrogens is 360 g/mol. The van der Waals surface area contributed by atoms with Crippen molar-refractivity contribution in [3.63, 3.8) is 0 Å². The van der Waals surface area contributed by atoms with Gasteiger partial charge in [0.05, 0.1) is 6.61 Å². The maximum absolute atomic E-state index is 12.0. The predicted octanol–water partition coefficient (Wildman–Crippen LogP) is 3.36. The van der Waals surface area contributed by atoms with Crippen LogP contribution in [-0.2, 0) is 14.4 Å². The van der Waals surface area contributed by atoms with E-state index in [1.54, 1.807) is 24.3 Å². The van der Waals surface area contributed by atoms with Crippen LogP contribution in [0.2, 0.25) is 0 Å². The second kappa shape index (κ2) is 9.03. The minimum Gasteiger partial charge on any atom is -0.494 e. The first-order chi connectivity index (χ1) is 13.5. The summed E-state index contributed by atoms with van der Waals surface area (Å²) in [5.41, 5.74) is 0.614. The van der Waals surface area contributed by atoms with E-state index in [0.29, 0.717) is 23.8 Å². The number of hydrogen-bond donors (Lipinski definition) is 1. The van der Waals surface area contributed by atoms with E-state index in [-0.39, 0.29) is 43.5 Å². The minimum absolute atomic E-state index is 0.0713. The van der Waals surface area contributed by atoms with Crippen LogP contribution in [0, 0.1) is 0 Å². The standard InChI is InChI=1S/C21H22N2O5/c1-2-27-16-7-9-18(10-8-16)28-17-5-3-15(4-6-17)22-19(24)13-14-23-20(25)11-12-21(23)26/h3-10H,2,11-14H2,1H3,(H,22,24). The van der Waals surface area contributed by atoms with Crippen molar-refractivity contribution in [3.8, 4) is 17.2 Å². The average Bonchev–Trinajstić information content (AvgIpc) is 3.01. The molecule has 1 saturated heterocycles. The first-order valence-electron chi connectivity index (χ1n) is 9.19. The minimum atomic E-state index is -0.257. The number of ether oxygens (including phenoxy) is 2. The van der Waals surface area contributed by atoms with Crippen LogP contribution in [0.25, 0.3) is 0 Å². The van der Waals surface area contributed by atoms with Gasteiger partial charge in [-0.1, -0.05) is 0 Å². The van der Waals surface area contributed by atoms with Gasteiger partial charge >= 0.3 is 0 Å². The third kappa shape index (κ3) is 5.09. The first kappa shape index (κ1) is 19.4. The molecule has 0 aromatic heterocycles. The smallest absolute Gasteiger partial charge is 0.229 e. The summed E-state index contributed by atoms with van der Waals surface area (Å²) in [4.78, 5) is 36.3. The number of carbonyl (C=O) groups excluding carboxylic acids is 3. The van der Waals surface area contributed by atoms with Crippen LogP contribution in [0.15, 0.2) is 48.5 Å². The van der Waals surface area contributed by atoms with Gasteiger partial charge in [-0.3, -0.25) is 19.3 Å². The molecule has 1 aliphatic rings. The highest BCUT2D eigenvalue weighted by molar-refractivity contribution is 6.02. The lowest BCUT2D eigenvalue weighted by Crippen LogP contribution is -2.32. The number of hydrogen-bond acceptors (Lipinski definition) is 5. The van der Waals surface area contributed by atoms with E-state index in [9.17, 15) is 14.4 Å². The number of likely N-dealkylation sites (tertiary alicyclic amines) is 1. The highest BCUT2D eigenvalue weighted by Crippen LogP contribution is 2.25. The van der Waals surface area contributed by atoms with Crippen LogP contribution in [0.4, 0.5) is 5.69 Å². The maximum Gasteiger partial charge on any atom is 0.229 e. The number of amides is 3. The number of nitrogens with zero attached hydrogens (tertiary/aromatic N) is 1. The third-order valence-electron chi connectivity index (χ3n) is 4.23. The van der Waals surface area contributed by atoms with Gasteiger partial charge < -0.3 is 14.8 Å². The number of nitrogens with one attached hydrogen (secondary N) is 1. The van der Waals surface area contributed by atoms with Crippen LogP contribution in [0.5, 0.6) is 17.2 Å². The van der Waals surface area contributed by atoms with Crippen LogP contribution < -0.4 is 14.8 Å². The molecule has 0 spiro atoms. The topological polar surface area (TPSA) is 84.9 Å². The third-order valence-corrected chi connectivity index (χ3v) is 4.23. The summed E-state index contributed by atoms with van der Waals surface area (Å²) in [7, 11) is 0. The van der Waals surface area contributed by atoms with Gasteiger partial charge in [0, 0.05) is 31.5 Å². The highest BCUT2D eigenvalue weighted by atomic mass is 16.5. The van der Waals surface area contributed by atoms with Crippen molar-refractivity contribution in [3.05, 3.63) is 48.5 Å². The highest BCUT2D eigenvalue weighted by Gasteiger charge is 2.28. The molecular formula is C21H22N2O5. The second-order valence-electron chi connectivity index (χ2n) is 6.27. The van der Waals surface area contributed by atoms with Gasteiger partial charge in [-0.15, -0.1) is 0 Å². The Kier molecular flexibility index (Phi) is 6.26. The summed E-state index contributed by atoms with van der Waals surface area (Å²) in [5, 5.41) is 2.75. The summed E-state index contributed by atoms with van der Waals surface area (Å²) >= 11 is 0. The Bertz CT molecular complexity index is 830. The zero-order valence-corrected chi connectivity index (χ0v) is 15.6. The van der Waals surface area contributed by atoms with Crippen LogP contribution in [0.1, 0.15) is 26.2 Å². The van der Waals surface area contributed by atoms with Gasteiger partial charge in [0.25, 0.3) is 0 Å². The number of benzene rings is 2. The lowest BCUT2D eigenvalue weighted by molar-refractivity contribution is -0.138. The Morgan fingerprint density at radius 3 is 2.04 bits per heavy atom. The predicted molar refractivity (Wildman–Crippen MR) is 103 cm³/mol. The molecule has 1 heterocycles. The molecule has 1 aliphatic heterocycles. The Morgan fingerprint density at radius 1 is 0.929 bits per heavy atom. The molecule has 3 rings (SSSR count). The molecule has 1 N–H and O–H groups in total. The van der Waals surface area contributed by atoms with Gasteiger partial charge in [0.1, 0.15) is 17.2 Å². The Hall–Kier alpha value is -3.35. The van der Waals surface area contributed by atoms with E-state index >= 15 is 0 Å². The molecule has 0 atom stereocenters. The van der Waals surface area contributed by atoms with Crippen molar-refractivity contribution in [2.75, 3.05) is 18.5 Å². The van der Waals surface area contributed by atoms with Crippen molar-refractivity contribution in [1.29, 1.82) is 0 Å². The monoisotopic (exact) mass is 382 g/mol. The SMILES string of the molecule is CCOc1ccc(Oc2ccc(NC(=O)CCN3C(=O)CCC3=O)cc2)cc1. The number of rotatable bonds is 8. The lowest BCUT2D eigenvalue weighted by Gasteiger charge is -2.13. The zero-order valence-electron chi connectivity index (χ0n) is 15.6. The summed E-state index contributed by atoms with van der Waals surface area (Å²) in [6, 6.07) is 14.3. The molecule has 1 fully saturated rings. The van der Waals surface area contributed by atoms with Crippen molar-refractivity contribution in [1.82, 2.24) is 4.90 Å². The van der Waals surface area contributed by atoms with E-state index in [1.165, 1.54) is 0 Å². The van der Waals surface area contributed by atoms with Gasteiger partial charge in [0.2, 0.25) is 17.7 Å². The Morgan fingerprint density at radius 2 is 1.46 bits per heavy atom. The number of imide groups is 1. The summed E-state index contributed by atoms with van der Waals surface area (Å²) in [5.74, 6) is 1.41. The molecule has 3 amide bonds. The van der Waals surface area contributed by atoms with E-state index in [1.807, 2.05) is 31.2 Å². The fourth-order valence-corrected chi connectivity index (χ4v) is 2.82. The van der Waals surface area contributed by atoms with E-state index < -0.39 is 0 Å². The Balaban J connectivity index is 1.49. The van der Waals surface area contributed by atoms with Crippen molar-refractivity contribution in [2.45, 2.75) is 26.2 Å². The molecule has 28 heavy (non-hydrogen) atoms. The van der Waals surface area contributed by atoms with Crippen molar-refractivity contribution >= 4 is 23.4 Å². The largest absolute Gasteiger partial charge is 0.494 e. The second-order valence-corrected chi connectivity index (χ2v) is 6.27. The van der Waals surface area contributed by atoms with E-state index in [0.717, 1.165) is 10.6 Å². The lowest BCUT2D eigenvalue weighted by atomic mass is 10.2. The summed E-state index contributed by atoms with van der Waals surface area (Å²) in [6.07, 6.45) is 0.536. The molecule has 146 valence electrons. The van der Waals surface area contributed by atoms with Crippen LogP contribution >= 0.6 is 0 Å². The van der Waals surface area contributed by atoms with Crippen LogP contribution in [0.3, 0.4) is 0 Å².